The van der Waals surface area contributed by atoms with Crippen LogP contribution in [0.1, 0.15) is 30.4 Å². The molecule has 3 rings (SSSR count). The fraction of sp³-hybridized carbons (Fsp3) is 0.409. The van der Waals surface area contributed by atoms with Gasteiger partial charge in [0, 0.05) is 38.1 Å². The van der Waals surface area contributed by atoms with E-state index in [-0.39, 0.29) is 12.1 Å². The van der Waals surface area contributed by atoms with Crippen LogP contribution < -0.4 is 9.62 Å². The summed E-state index contributed by atoms with van der Waals surface area (Å²) in [5.41, 5.74) is 0.374. The Bertz CT molecular complexity index is 1030. The summed E-state index contributed by atoms with van der Waals surface area (Å²) in [7, 11) is -2.75. The van der Waals surface area contributed by atoms with Crippen LogP contribution in [0.5, 0.6) is 0 Å². The Morgan fingerprint density at radius 3 is 2.28 bits per heavy atom. The van der Waals surface area contributed by atoms with Crippen molar-refractivity contribution in [3.63, 3.8) is 0 Å². The van der Waals surface area contributed by atoms with E-state index in [1.54, 1.807) is 12.1 Å². The highest BCUT2D eigenvalue weighted by Crippen LogP contribution is 2.32. The number of alkyl halides is 3. The van der Waals surface area contributed by atoms with Crippen molar-refractivity contribution in [2.24, 2.45) is 0 Å². The van der Waals surface area contributed by atoms with Crippen LogP contribution in [0.2, 0.25) is 0 Å². The van der Waals surface area contributed by atoms with Crippen molar-refractivity contribution in [2.45, 2.75) is 32.0 Å². The van der Waals surface area contributed by atoms with Crippen molar-refractivity contribution in [3.8, 4) is 0 Å². The minimum atomic E-state index is -4.56. The van der Waals surface area contributed by atoms with E-state index in [2.05, 4.69) is 9.62 Å². The minimum absolute atomic E-state index is 0.102. The molecule has 32 heavy (non-hydrogen) atoms. The Labute approximate surface area is 186 Å². The van der Waals surface area contributed by atoms with Crippen LogP contribution >= 0.6 is 0 Å². The van der Waals surface area contributed by atoms with Crippen molar-refractivity contribution >= 4 is 27.3 Å². The standard InChI is InChI=1S/C22H26F3N3O3S/c1-27(15-17-7-3-4-8-20(17)22(23,24)25)21(29)16-32(30,31)26-18-9-11-19(12-10-18)28-13-5-2-6-14-28/h3-4,7-12,26H,2,5-6,13-16H2,1H3. The number of sulfonamides is 1. The number of nitrogens with zero attached hydrogens (tertiary/aromatic N) is 2. The van der Waals surface area contributed by atoms with E-state index in [4.69, 9.17) is 0 Å². The number of hydrogen-bond donors (Lipinski definition) is 1. The van der Waals surface area contributed by atoms with Gasteiger partial charge in [-0.1, -0.05) is 18.2 Å². The van der Waals surface area contributed by atoms with Crippen LogP contribution in [0.3, 0.4) is 0 Å². The third-order valence-electron chi connectivity index (χ3n) is 5.33. The molecule has 0 unspecified atom stereocenters. The first-order valence-corrected chi connectivity index (χ1v) is 11.9. The van der Waals surface area contributed by atoms with Crippen molar-refractivity contribution in [1.29, 1.82) is 0 Å². The Balaban J connectivity index is 1.60. The molecule has 2 aromatic carbocycles. The molecule has 1 aliphatic heterocycles. The van der Waals surface area contributed by atoms with Crippen LogP contribution in [0.15, 0.2) is 48.5 Å². The third-order valence-corrected chi connectivity index (χ3v) is 6.51. The first kappa shape index (κ1) is 23.9. The summed E-state index contributed by atoms with van der Waals surface area (Å²) in [6.45, 7) is 1.57. The summed E-state index contributed by atoms with van der Waals surface area (Å²) >= 11 is 0. The second-order valence-corrected chi connectivity index (χ2v) is 9.58. The molecule has 1 amide bonds. The summed E-state index contributed by atoms with van der Waals surface area (Å²) in [4.78, 5) is 15.6. The topological polar surface area (TPSA) is 69.7 Å². The molecule has 1 fully saturated rings. The molecule has 0 atom stereocenters. The number of rotatable bonds is 7. The number of carbonyl (C=O) groups excluding carboxylic acids is 1. The second-order valence-electron chi connectivity index (χ2n) is 7.86. The van der Waals surface area contributed by atoms with Gasteiger partial charge in [0.25, 0.3) is 0 Å². The molecular formula is C22H26F3N3O3S. The first-order valence-electron chi connectivity index (χ1n) is 10.3. The minimum Gasteiger partial charge on any atom is -0.372 e. The lowest BCUT2D eigenvalue weighted by molar-refractivity contribution is -0.139. The predicted molar refractivity (Wildman–Crippen MR) is 118 cm³/mol. The van der Waals surface area contributed by atoms with Crippen LogP contribution in [0.4, 0.5) is 24.5 Å². The molecule has 0 saturated carbocycles. The summed E-state index contributed by atoms with van der Waals surface area (Å²) in [5, 5.41) is 0. The molecule has 0 aliphatic carbocycles. The fourth-order valence-corrected chi connectivity index (χ4v) is 4.77. The van der Waals surface area contributed by atoms with Gasteiger partial charge in [0.15, 0.2) is 0 Å². The average Bonchev–Trinajstić information content (AvgIpc) is 2.74. The maximum absolute atomic E-state index is 13.1. The normalized spacial score (nSPS) is 14.8. The fourth-order valence-electron chi connectivity index (χ4n) is 3.66. The Morgan fingerprint density at radius 1 is 1.03 bits per heavy atom. The molecule has 1 N–H and O–H groups in total. The second kappa shape index (κ2) is 9.81. The van der Waals surface area contributed by atoms with E-state index >= 15 is 0 Å². The molecule has 10 heteroatoms. The monoisotopic (exact) mass is 469 g/mol. The van der Waals surface area contributed by atoms with Gasteiger partial charge in [-0.2, -0.15) is 13.2 Å². The highest BCUT2D eigenvalue weighted by Gasteiger charge is 2.33. The van der Waals surface area contributed by atoms with Crippen LogP contribution in [0.25, 0.3) is 0 Å². The molecular weight excluding hydrogens is 443 g/mol. The Hall–Kier alpha value is -2.75. The zero-order valence-electron chi connectivity index (χ0n) is 17.7. The van der Waals surface area contributed by atoms with Crippen molar-refractivity contribution in [2.75, 3.05) is 35.5 Å². The number of benzene rings is 2. The van der Waals surface area contributed by atoms with Crippen molar-refractivity contribution < 1.29 is 26.4 Å². The average molecular weight is 470 g/mol. The lowest BCUT2D eigenvalue weighted by atomic mass is 10.1. The first-order chi connectivity index (χ1) is 15.0. The molecule has 1 aliphatic rings. The van der Waals surface area contributed by atoms with Crippen molar-refractivity contribution in [1.82, 2.24) is 4.90 Å². The lowest BCUT2D eigenvalue weighted by Crippen LogP contribution is -2.34. The Kier molecular flexibility index (Phi) is 7.33. The van der Waals surface area contributed by atoms with Gasteiger partial charge in [0.1, 0.15) is 5.75 Å². The van der Waals surface area contributed by atoms with E-state index in [0.717, 1.165) is 42.6 Å². The molecule has 1 heterocycles. The zero-order valence-corrected chi connectivity index (χ0v) is 18.5. The van der Waals surface area contributed by atoms with E-state index in [9.17, 15) is 26.4 Å². The number of nitrogens with one attached hydrogen (secondary N) is 1. The zero-order chi connectivity index (χ0) is 23.4. The SMILES string of the molecule is CN(Cc1ccccc1C(F)(F)F)C(=O)CS(=O)(=O)Nc1ccc(N2CCCCC2)cc1. The highest BCUT2D eigenvalue weighted by atomic mass is 32.2. The van der Waals surface area contributed by atoms with Gasteiger partial charge in [-0.3, -0.25) is 9.52 Å². The van der Waals surface area contributed by atoms with E-state index in [1.165, 1.54) is 31.7 Å². The molecule has 174 valence electrons. The van der Waals surface area contributed by atoms with Gasteiger partial charge in [0.05, 0.1) is 5.56 Å². The maximum Gasteiger partial charge on any atom is 0.416 e. The number of hydrogen-bond acceptors (Lipinski definition) is 4. The van der Waals surface area contributed by atoms with Gasteiger partial charge >= 0.3 is 6.18 Å². The van der Waals surface area contributed by atoms with Crippen LogP contribution in [-0.4, -0.2) is 45.1 Å². The molecule has 0 spiro atoms. The van der Waals surface area contributed by atoms with Gasteiger partial charge in [-0.25, -0.2) is 8.42 Å². The van der Waals surface area contributed by atoms with Crippen LogP contribution in [0, 0.1) is 0 Å². The molecule has 0 bridgehead atoms. The predicted octanol–water partition coefficient (Wildman–Crippen LogP) is 4.10. The lowest BCUT2D eigenvalue weighted by Gasteiger charge is -2.28. The molecule has 0 aromatic heterocycles. The third kappa shape index (κ3) is 6.38. The van der Waals surface area contributed by atoms with Crippen molar-refractivity contribution in [3.05, 3.63) is 59.7 Å². The maximum atomic E-state index is 13.1. The van der Waals surface area contributed by atoms with Gasteiger partial charge in [-0.15, -0.1) is 0 Å². The number of piperidine rings is 1. The van der Waals surface area contributed by atoms with Gasteiger partial charge in [-0.05, 0) is 55.2 Å². The van der Waals surface area contributed by atoms with E-state index in [0.29, 0.717) is 5.69 Å². The quantitative estimate of drug-likeness (QED) is 0.663. The summed E-state index contributed by atoms with van der Waals surface area (Å²) in [6.07, 6.45) is -1.11. The van der Waals surface area contributed by atoms with Gasteiger partial charge < -0.3 is 9.80 Å². The van der Waals surface area contributed by atoms with E-state index < -0.39 is 33.4 Å². The highest BCUT2D eigenvalue weighted by molar-refractivity contribution is 7.93. The number of anilines is 2. The number of halogens is 3. The molecule has 2 aromatic rings. The summed E-state index contributed by atoms with van der Waals surface area (Å²) in [5.74, 6) is -1.68. The van der Waals surface area contributed by atoms with Crippen LogP contribution in [-0.2, 0) is 27.5 Å². The summed E-state index contributed by atoms with van der Waals surface area (Å²) in [6, 6.07) is 11.8. The largest absolute Gasteiger partial charge is 0.416 e. The molecule has 6 nitrogen and oxygen atoms in total. The van der Waals surface area contributed by atoms with Gasteiger partial charge in [0.2, 0.25) is 15.9 Å². The molecule has 1 saturated heterocycles. The Morgan fingerprint density at radius 2 is 1.66 bits per heavy atom. The van der Waals surface area contributed by atoms with E-state index in [1.807, 2.05) is 12.1 Å². The number of amides is 1. The molecule has 0 radical (unpaired) electrons. The summed E-state index contributed by atoms with van der Waals surface area (Å²) < 4.78 is 66.7. The number of carbonyl (C=O) groups is 1. The smallest absolute Gasteiger partial charge is 0.372 e.